The molecule has 0 radical (unpaired) electrons. The molecule has 3 aromatic rings. The molecule has 1 aromatic carbocycles. The molecule has 1 saturated heterocycles. The summed E-state index contributed by atoms with van der Waals surface area (Å²) in [5, 5.41) is 0. The predicted molar refractivity (Wildman–Crippen MR) is 112 cm³/mol. The summed E-state index contributed by atoms with van der Waals surface area (Å²) in [6, 6.07) is 7.34. The van der Waals surface area contributed by atoms with Crippen LogP contribution in [0.5, 0.6) is 0 Å². The lowest BCUT2D eigenvalue weighted by molar-refractivity contribution is 0.0999. The number of hydrogen-bond donors (Lipinski definition) is 1. The van der Waals surface area contributed by atoms with Crippen LogP contribution in [0, 0.1) is 12.7 Å². The number of hydrogen-bond acceptors (Lipinski definition) is 5. The summed E-state index contributed by atoms with van der Waals surface area (Å²) in [5.41, 5.74) is 8.65. The van der Waals surface area contributed by atoms with E-state index in [4.69, 9.17) is 5.73 Å². The number of amides is 3. The molecule has 0 spiro atoms. The highest BCUT2D eigenvalue weighted by atomic mass is 19.1. The maximum atomic E-state index is 13.2. The van der Waals surface area contributed by atoms with Crippen LogP contribution >= 0.6 is 0 Å². The fourth-order valence-corrected chi connectivity index (χ4v) is 3.55. The van der Waals surface area contributed by atoms with Gasteiger partial charge in [0.05, 0.1) is 11.4 Å². The smallest absolute Gasteiger partial charge is 0.326 e. The Balaban J connectivity index is 1.63. The minimum absolute atomic E-state index is 0.241. The van der Waals surface area contributed by atoms with Gasteiger partial charge in [0.15, 0.2) is 0 Å². The Morgan fingerprint density at radius 3 is 2.55 bits per heavy atom. The lowest BCUT2D eigenvalue weighted by Gasteiger charge is -2.21. The molecule has 0 unspecified atom stereocenters. The highest BCUT2D eigenvalue weighted by Gasteiger charge is 2.33. The Hall–Kier alpha value is -3.88. The van der Waals surface area contributed by atoms with Gasteiger partial charge in [-0.2, -0.15) is 0 Å². The Morgan fingerprint density at radius 1 is 1.10 bits per heavy atom. The van der Waals surface area contributed by atoms with Crippen LogP contribution < -0.4 is 10.6 Å². The van der Waals surface area contributed by atoms with Gasteiger partial charge < -0.3 is 10.6 Å². The van der Waals surface area contributed by atoms with E-state index in [1.807, 2.05) is 6.92 Å². The maximum absolute atomic E-state index is 13.2. The molecule has 9 heteroatoms. The lowest BCUT2D eigenvalue weighted by Crippen LogP contribution is -2.33. The van der Waals surface area contributed by atoms with Gasteiger partial charge in [0, 0.05) is 55.8 Å². The molecule has 1 fully saturated rings. The summed E-state index contributed by atoms with van der Waals surface area (Å²) in [6.07, 6.45) is 5.00. The molecular formula is C22H21FN6O2. The number of urea groups is 1. The number of aryl methyl sites for hydroxylation is 1. The van der Waals surface area contributed by atoms with Crippen molar-refractivity contribution in [3.05, 3.63) is 82.8 Å². The Kier molecular flexibility index (Phi) is 5.57. The molecule has 4 rings (SSSR count). The number of carbonyl (C=O) groups excluding carboxylic acids is 2. The molecule has 0 aliphatic carbocycles. The molecule has 2 N–H and O–H groups in total. The van der Waals surface area contributed by atoms with Crippen molar-refractivity contribution in [2.75, 3.05) is 18.0 Å². The van der Waals surface area contributed by atoms with E-state index in [2.05, 4.69) is 15.0 Å². The van der Waals surface area contributed by atoms with E-state index in [0.717, 1.165) is 11.3 Å². The summed E-state index contributed by atoms with van der Waals surface area (Å²) >= 11 is 0. The topological polar surface area (TPSA) is 105 Å². The zero-order valence-corrected chi connectivity index (χ0v) is 17.0. The second-order valence-corrected chi connectivity index (χ2v) is 7.33. The number of anilines is 1. The van der Waals surface area contributed by atoms with Crippen molar-refractivity contribution in [3.63, 3.8) is 0 Å². The van der Waals surface area contributed by atoms with Crippen LogP contribution in [-0.4, -0.2) is 44.9 Å². The minimum atomic E-state index is -0.603. The number of pyridine rings is 1. The van der Waals surface area contributed by atoms with E-state index < -0.39 is 5.91 Å². The third kappa shape index (κ3) is 4.35. The highest BCUT2D eigenvalue weighted by molar-refractivity contribution is 5.99. The first kappa shape index (κ1) is 20.4. The van der Waals surface area contributed by atoms with Gasteiger partial charge >= 0.3 is 6.03 Å². The van der Waals surface area contributed by atoms with Gasteiger partial charge in [0.1, 0.15) is 11.6 Å². The van der Waals surface area contributed by atoms with Crippen LogP contribution in [0.2, 0.25) is 0 Å². The first-order chi connectivity index (χ1) is 14.9. The van der Waals surface area contributed by atoms with Gasteiger partial charge in [-0.25, -0.2) is 14.2 Å². The summed E-state index contributed by atoms with van der Waals surface area (Å²) < 4.78 is 13.2. The second-order valence-electron chi connectivity index (χ2n) is 7.33. The molecule has 3 amide bonds. The Labute approximate surface area is 178 Å². The number of halogens is 1. The van der Waals surface area contributed by atoms with Crippen LogP contribution in [-0.2, 0) is 13.0 Å². The van der Waals surface area contributed by atoms with E-state index in [1.165, 1.54) is 23.2 Å². The number of aromatic nitrogens is 3. The number of primary amides is 1. The van der Waals surface area contributed by atoms with Crippen molar-refractivity contribution in [2.45, 2.75) is 19.9 Å². The quantitative estimate of drug-likeness (QED) is 0.659. The van der Waals surface area contributed by atoms with Gasteiger partial charge in [-0.15, -0.1) is 0 Å². The summed E-state index contributed by atoms with van der Waals surface area (Å²) in [6.45, 7) is 3.06. The molecule has 8 nitrogen and oxygen atoms in total. The molecule has 2 aromatic heterocycles. The number of carbonyl (C=O) groups is 2. The summed E-state index contributed by atoms with van der Waals surface area (Å²) in [7, 11) is 0. The van der Waals surface area contributed by atoms with Gasteiger partial charge in [0.25, 0.3) is 0 Å². The average molecular weight is 420 g/mol. The molecule has 31 heavy (non-hydrogen) atoms. The van der Waals surface area contributed by atoms with Crippen molar-refractivity contribution in [2.24, 2.45) is 5.73 Å². The predicted octanol–water partition coefficient (Wildman–Crippen LogP) is 2.45. The number of nitrogens with two attached hydrogens (primary N) is 1. The fraction of sp³-hybridized carbons (Fsp3) is 0.227. The van der Waals surface area contributed by atoms with Crippen LogP contribution in [0.1, 0.15) is 32.9 Å². The van der Waals surface area contributed by atoms with Crippen LogP contribution in [0.3, 0.4) is 0 Å². The maximum Gasteiger partial charge on any atom is 0.326 e. The lowest BCUT2D eigenvalue weighted by atomic mass is 10.0. The Bertz CT molecular complexity index is 1120. The summed E-state index contributed by atoms with van der Waals surface area (Å²) in [4.78, 5) is 41.3. The van der Waals surface area contributed by atoms with Gasteiger partial charge in [-0.3, -0.25) is 19.7 Å². The third-order valence-corrected chi connectivity index (χ3v) is 5.13. The molecule has 1 aliphatic heterocycles. The van der Waals surface area contributed by atoms with Gasteiger partial charge in [-0.05, 0) is 30.7 Å². The van der Waals surface area contributed by atoms with Crippen molar-refractivity contribution < 1.29 is 14.0 Å². The molecular weight excluding hydrogens is 399 g/mol. The average Bonchev–Trinajstić information content (AvgIpc) is 3.11. The van der Waals surface area contributed by atoms with Crippen molar-refractivity contribution in [3.8, 4) is 0 Å². The van der Waals surface area contributed by atoms with E-state index in [9.17, 15) is 14.0 Å². The second kappa shape index (κ2) is 8.47. The monoisotopic (exact) mass is 420 g/mol. The highest BCUT2D eigenvalue weighted by Crippen LogP contribution is 2.27. The largest absolute Gasteiger partial charge is 0.366 e. The fourth-order valence-electron chi connectivity index (χ4n) is 3.55. The zero-order chi connectivity index (χ0) is 22.0. The van der Waals surface area contributed by atoms with Crippen molar-refractivity contribution in [1.29, 1.82) is 0 Å². The van der Waals surface area contributed by atoms with E-state index in [1.54, 1.807) is 35.5 Å². The molecule has 158 valence electrons. The van der Waals surface area contributed by atoms with Crippen LogP contribution in [0.4, 0.5) is 15.0 Å². The summed E-state index contributed by atoms with van der Waals surface area (Å²) in [5.74, 6) is -0.548. The van der Waals surface area contributed by atoms with E-state index in [0.29, 0.717) is 36.7 Å². The Morgan fingerprint density at radius 2 is 1.87 bits per heavy atom. The number of rotatable bonds is 6. The standard InChI is InChI=1S/C22H21FN6O2/c1-14-11-27-17(12-26-14)10-19-18(20(24)30)6-7-25-21(19)29-9-8-28(22(29)31)13-15-2-4-16(23)5-3-15/h2-7,11-12H,8-10,13H2,1H3,(H2,24,30). The zero-order valence-electron chi connectivity index (χ0n) is 17.0. The van der Waals surface area contributed by atoms with Gasteiger partial charge in [0.2, 0.25) is 5.91 Å². The molecule has 0 bridgehead atoms. The number of nitrogens with zero attached hydrogens (tertiary/aromatic N) is 5. The van der Waals surface area contributed by atoms with Crippen LogP contribution in [0.15, 0.2) is 48.9 Å². The van der Waals surface area contributed by atoms with Crippen LogP contribution in [0.25, 0.3) is 0 Å². The van der Waals surface area contributed by atoms with Crippen molar-refractivity contribution >= 4 is 17.8 Å². The van der Waals surface area contributed by atoms with Gasteiger partial charge in [-0.1, -0.05) is 12.1 Å². The minimum Gasteiger partial charge on any atom is -0.366 e. The molecule has 3 heterocycles. The molecule has 0 saturated carbocycles. The SMILES string of the molecule is Cc1cnc(Cc2c(C(N)=O)ccnc2N2CCN(Cc3ccc(F)cc3)C2=O)cn1. The van der Waals surface area contributed by atoms with E-state index >= 15 is 0 Å². The third-order valence-electron chi connectivity index (χ3n) is 5.13. The number of benzene rings is 1. The van der Waals surface area contributed by atoms with Crippen molar-refractivity contribution in [1.82, 2.24) is 19.9 Å². The molecule has 1 aliphatic rings. The molecule has 0 atom stereocenters. The normalized spacial score (nSPS) is 13.7. The first-order valence-electron chi connectivity index (χ1n) is 9.78. The van der Waals surface area contributed by atoms with E-state index in [-0.39, 0.29) is 23.8 Å². The first-order valence-corrected chi connectivity index (χ1v) is 9.78.